The van der Waals surface area contributed by atoms with Crippen molar-refractivity contribution in [1.29, 1.82) is 0 Å². The summed E-state index contributed by atoms with van der Waals surface area (Å²) in [6.07, 6.45) is -0.363. The van der Waals surface area contributed by atoms with E-state index in [0.29, 0.717) is 39.0 Å². The summed E-state index contributed by atoms with van der Waals surface area (Å²) >= 11 is 0. The Bertz CT molecular complexity index is 335. The molecule has 0 unspecified atom stereocenters. The van der Waals surface area contributed by atoms with Crippen LogP contribution in [0, 0.1) is 5.89 Å². The van der Waals surface area contributed by atoms with Crippen molar-refractivity contribution in [3.05, 3.63) is 0 Å². The summed E-state index contributed by atoms with van der Waals surface area (Å²) in [5.74, 6) is -0.566. The van der Waals surface area contributed by atoms with Crippen molar-refractivity contribution < 1.29 is 6.11 Å². The third-order valence-corrected chi connectivity index (χ3v) is 3.92. The molecule has 14 radical (unpaired) electrons. The fourth-order valence-electron chi connectivity index (χ4n) is 2.62. The highest BCUT2D eigenvalue weighted by atomic mass is 32.1. The van der Waals surface area contributed by atoms with Crippen molar-refractivity contribution in [2.24, 2.45) is 5.89 Å². The smallest absolute Gasteiger partial charge is 0.105 e. The first-order valence-electron chi connectivity index (χ1n) is 7.80. The zero-order valence-corrected chi connectivity index (χ0v) is 14.0. The van der Waals surface area contributed by atoms with Gasteiger partial charge in [-0.2, -0.15) is 13.5 Å². The van der Waals surface area contributed by atoms with E-state index in [1.54, 1.807) is 4.72 Å². The molecule has 0 spiro atoms. The highest BCUT2D eigenvalue weighted by molar-refractivity contribution is 7.91. The average Bonchev–Trinajstić information content (AvgIpc) is 2.42. The largest absolute Gasteiger partial charge is 0.412 e. The number of hydrogen-bond acceptors (Lipinski definition) is 2. The Morgan fingerprint density at radius 2 is 1.55 bits per heavy atom. The number of rotatable bonds is 8. The van der Waals surface area contributed by atoms with E-state index in [1.165, 1.54) is 0 Å². The van der Waals surface area contributed by atoms with Crippen molar-refractivity contribution >= 4 is 100 Å². The molecule has 1 aliphatic heterocycles. The Morgan fingerprint density at radius 1 is 1.00 bits per heavy atom. The summed E-state index contributed by atoms with van der Waals surface area (Å²) in [6.45, 7) is 0.240. The third-order valence-electron chi connectivity index (χ3n) is 3.92. The van der Waals surface area contributed by atoms with Gasteiger partial charge < -0.3 is 9.46 Å². The second kappa shape index (κ2) is 11.6. The van der Waals surface area contributed by atoms with Crippen molar-refractivity contribution in [1.82, 2.24) is 4.72 Å². The van der Waals surface area contributed by atoms with Crippen LogP contribution in [0.5, 0.6) is 0 Å². The van der Waals surface area contributed by atoms with E-state index in [4.69, 9.17) is 60.3 Å². The molecule has 96 valence electrons. The highest BCUT2D eigenvalue weighted by Gasteiger charge is 2.34. The molecule has 0 aromatic rings. The van der Waals surface area contributed by atoms with Crippen molar-refractivity contribution in [3.8, 4) is 0 Å². The molecule has 0 N–H and O–H groups in total. The summed E-state index contributed by atoms with van der Waals surface area (Å²) in [4.78, 5) is 0. The van der Waals surface area contributed by atoms with Gasteiger partial charge >= 0.3 is 0 Å². The Labute approximate surface area is 155 Å². The second-order valence-corrected chi connectivity index (χ2v) is 5.56. The van der Waals surface area contributed by atoms with Crippen LogP contribution in [-0.4, -0.2) is 111 Å². The normalized spacial score (nSPS) is 17.0. The molecule has 1 aliphatic rings. The molecule has 1 heterocycles. The lowest BCUT2D eigenvalue weighted by Gasteiger charge is -2.41. The molecular weight excluding hydrogens is 276 g/mol. The molecule has 22 heavy (non-hydrogen) atoms. The molecule has 0 aromatic carbocycles. The monoisotopic (exact) mass is 294 g/mol. The minimum atomic E-state index is -0.812. The Kier molecular flexibility index (Phi) is 11.1. The number of hydrogen-bond donors (Lipinski definition) is 0. The van der Waals surface area contributed by atoms with Gasteiger partial charge in [0.1, 0.15) is 13.3 Å². The van der Waals surface area contributed by atoms with Gasteiger partial charge in [0, 0.05) is 87.9 Å². The fraction of sp³-hybridized carbons (Fsp3) is 1.00. The topological polar surface area (TPSA) is 12.5 Å². The van der Waals surface area contributed by atoms with Crippen LogP contribution in [0.3, 0.4) is 0 Å². The first kappa shape index (κ1) is 21.1. The van der Waals surface area contributed by atoms with E-state index in [1.807, 2.05) is 0 Å². The third kappa shape index (κ3) is 7.30. The molecule has 0 atom stereocenters. The zero-order chi connectivity index (χ0) is 16.9. The van der Waals surface area contributed by atoms with Gasteiger partial charge in [-0.15, -0.1) is 0 Å². The van der Waals surface area contributed by atoms with E-state index < -0.39 is 38.3 Å². The predicted octanol–water partition coefficient (Wildman–Crippen LogP) is -3.42. The maximum Gasteiger partial charge on any atom is 0.105 e. The maximum atomic E-state index is 8.46. The molecule has 0 amide bonds. The summed E-state index contributed by atoms with van der Waals surface area (Å²) in [5.41, 5.74) is 0. The van der Waals surface area contributed by atoms with Gasteiger partial charge in [-0.25, -0.2) is 0 Å². The van der Waals surface area contributed by atoms with Crippen LogP contribution in [0.15, 0.2) is 0 Å². The van der Waals surface area contributed by atoms with Gasteiger partial charge in [-0.1, -0.05) is 0 Å². The fourth-order valence-corrected chi connectivity index (χ4v) is 2.62. The number of ether oxygens (including phenoxy) is 1. The van der Waals surface area contributed by atoms with Crippen LogP contribution in [-0.2, 0) is 4.74 Å². The quantitative estimate of drug-likeness (QED) is 0.432. The van der Waals surface area contributed by atoms with Crippen LogP contribution in [0.25, 0.3) is 0 Å². The lowest BCUT2D eigenvalue weighted by molar-refractivity contribution is 0.0634. The van der Waals surface area contributed by atoms with E-state index >= 15 is 0 Å². The molecule has 1 saturated heterocycles. The van der Waals surface area contributed by atoms with Gasteiger partial charge in [0.25, 0.3) is 0 Å². The van der Waals surface area contributed by atoms with Gasteiger partial charge in [0.15, 0.2) is 0 Å². The molecule has 0 aliphatic carbocycles. The van der Waals surface area contributed by atoms with Crippen molar-refractivity contribution in [2.45, 2.75) is 19.3 Å². The molecular formula is C7H15B12NOS. The first-order valence-corrected chi connectivity index (χ1v) is 7.30. The van der Waals surface area contributed by atoms with Crippen LogP contribution >= 0.6 is 13.5 Å². The Balaban J connectivity index is 0.00000484. The number of nitrogens with zero attached hydrogens (tertiary/aromatic N) is 1. The molecule has 0 aromatic heterocycles. The van der Waals surface area contributed by atoms with E-state index in [-0.39, 0.29) is 13.5 Å². The van der Waals surface area contributed by atoms with E-state index in [0.717, 1.165) is 0 Å². The van der Waals surface area contributed by atoms with Crippen LogP contribution in [0.2, 0.25) is 0 Å². The van der Waals surface area contributed by atoms with Crippen LogP contribution in [0.1, 0.15) is 20.6 Å². The Morgan fingerprint density at radius 3 is 1.95 bits per heavy atom. The Hall–Kier alpha value is 1.05. The van der Waals surface area contributed by atoms with Gasteiger partial charge in [0.2, 0.25) is 0 Å². The SMILES string of the molecule is S.[2H]C1(CCN(B([B])[B])B(B([B])[B])B([B])B([B])[B])CCOCC1. The average molecular weight is 292 g/mol. The molecule has 1 rings (SSSR count). The first-order chi connectivity index (χ1) is 10.2. The van der Waals surface area contributed by atoms with Crippen molar-refractivity contribution in [2.75, 3.05) is 19.8 Å². The van der Waals surface area contributed by atoms with Crippen molar-refractivity contribution in [3.63, 3.8) is 0 Å². The maximum absolute atomic E-state index is 8.46. The molecule has 2 nitrogen and oxygen atoms in total. The lowest BCUT2D eigenvalue weighted by atomic mass is 8.65. The molecule has 0 bridgehead atoms. The van der Waals surface area contributed by atoms with Gasteiger partial charge in [-0.3, -0.25) is 0 Å². The molecule has 0 saturated carbocycles. The van der Waals surface area contributed by atoms with Crippen LogP contribution in [0.4, 0.5) is 0 Å². The molecule has 1 fully saturated rings. The standard InChI is InChI=1S/C7H13B12NO.H2S/c8-15(9)18(14)19(16(10)11)20(17(12)13)4-1-7-2-5-21-6-3-7;/h7H,1-6H2;1H2/i7D;. The zero-order valence-electron chi connectivity index (χ0n) is 14.0. The van der Waals surface area contributed by atoms with E-state index in [9.17, 15) is 0 Å². The van der Waals surface area contributed by atoms with Gasteiger partial charge in [-0.05, 0) is 31.7 Å². The van der Waals surface area contributed by atoms with Crippen LogP contribution < -0.4 is 0 Å². The minimum absolute atomic E-state index is 0. The summed E-state index contributed by atoms with van der Waals surface area (Å²) < 4.78 is 15.5. The molecule has 15 heteroatoms. The van der Waals surface area contributed by atoms with E-state index in [2.05, 4.69) is 0 Å². The predicted molar refractivity (Wildman–Crippen MR) is 114 cm³/mol. The summed E-state index contributed by atoms with van der Waals surface area (Å²) in [7, 11) is 40.7. The summed E-state index contributed by atoms with van der Waals surface area (Å²) in [6, 6.07) is 0. The highest BCUT2D eigenvalue weighted by Crippen LogP contribution is 2.19. The van der Waals surface area contributed by atoms with Gasteiger partial charge in [0.05, 0.1) is 0 Å². The minimum Gasteiger partial charge on any atom is -0.412 e. The summed E-state index contributed by atoms with van der Waals surface area (Å²) in [5, 5.41) is 0. The lowest BCUT2D eigenvalue weighted by Crippen LogP contribution is -2.70. The second-order valence-electron chi connectivity index (χ2n) is 5.56.